The number of likely N-dealkylation sites (tertiary alicyclic amines) is 1. The molecule has 2 aliphatic heterocycles. The standard InChI is InChI=1S/C19H24N4O3/c1-13-10-18(22(2)21-13)20-19(24)12-23-7-3-4-15(23)14-5-6-16-17(11-14)26-9-8-25-16/h5-6,10-11,15H,3-4,7-9,12H2,1-2H3,(H,20,24). The quantitative estimate of drug-likeness (QED) is 0.910. The molecule has 1 N–H and O–H groups in total. The van der Waals surface area contributed by atoms with Gasteiger partial charge in [0, 0.05) is 19.2 Å². The number of benzene rings is 1. The monoisotopic (exact) mass is 356 g/mol. The normalized spacial score (nSPS) is 19.5. The van der Waals surface area contributed by atoms with Crippen molar-refractivity contribution in [1.82, 2.24) is 14.7 Å². The van der Waals surface area contributed by atoms with E-state index in [9.17, 15) is 4.79 Å². The molecule has 0 aliphatic carbocycles. The zero-order valence-electron chi connectivity index (χ0n) is 15.2. The van der Waals surface area contributed by atoms with Gasteiger partial charge in [-0.25, -0.2) is 0 Å². The molecule has 1 unspecified atom stereocenters. The first-order chi connectivity index (χ1) is 12.6. The average Bonchev–Trinajstić information content (AvgIpc) is 3.20. The minimum absolute atomic E-state index is 0.0163. The van der Waals surface area contributed by atoms with E-state index in [2.05, 4.69) is 27.4 Å². The summed E-state index contributed by atoms with van der Waals surface area (Å²) >= 11 is 0. The van der Waals surface area contributed by atoms with Gasteiger partial charge in [0.2, 0.25) is 5.91 Å². The van der Waals surface area contributed by atoms with Crippen molar-refractivity contribution in [2.45, 2.75) is 25.8 Å². The van der Waals surface area contributed by atoms with Gasteiger partial charge in [-0.3, -0.25) is 14.4 Å². The summed E-state index contributed by atoms with van der Waals surface area (Å²) in [6.07, 6.45) is 2.12. The Morgan fingerprint density at radius 2 is 2.08 bits per heavy atom. The van der Waals surface area contributed by atoms with E-state index in [1.807, 2.05) is 26.1 Å². The van der Waals surface area contributed by atoms with Crippen LogP contribution in [0.15, 0.2) is 24.3 Å². The Morgan fingerprint density at radius 3 is 2.85 bits per heavy atom. The van der Waals surface area contributed by atoms with Crippen molar-refractivity contribution < 1.29 is 14.3 Å². The Hall–Kier alpha value is -2.54. The molecular weight excluding hydrogens is 332 g/mol. The first-order valence-corrected chi connectivity index (χ1v) is 9.04. The minimum atomic E-state index is -0.0163. The second-order valence-electron chi connectivity index (χ2n) is 6.87. The maximum absolute atomic E-state index is 12.5. The number of nitrogens with one attached hydrogen (secondary N) is 1. The molecule has 0 spiro atoms. The fourth-order valence-corrected chi connectivity index (χ4v) is 3.75. The second kappa shape index (κ2) is 6.99. The van der Waals surface area contributed by atoms with Crippen molar-refractivity contribution in [3.8, 4) is 11.5 Å². The highest BCUT2D eigenvalue weighted by atomic mass is 16.6. The van der Waals surface area contributed by atoms with Crippen molar-refractivity contribution in [1.29, 1.82) is 0 Å². The van der Waals surface area contributed by atoms with Crippen LogP contribution in [0.5, 0.6) is 11.5 Å². The molecule has 1 amide bonds. The molecule has 7 heteroatoms. The molecule has 1 aromatic heterocycles. The Labute approximate surface area is 152 Å². The van der Waals surface area contributed by atoms with E-state index in [1.54, 1.807) is 4.68 Å². The number of nitrogens with zero attached hydrogens (tertiary/aromatic N) is 3. The van der Waals surface area contributed by atoms with Crippen LogP contribution in [0.3, 0.4) is 0 Å². The number of ether oxygens (including phenoxy) is 2. The van der Waals surface area contributed by atoms with E-state index >= 15 is 0 Å². The van der Waals surface area contributed by atoms with Crippen molar-refractivity contribution >= 4 is 11.7 Å². The molecule has 0 saturated carbocycles. The highest BCUT2D eigenvalue weighted by Gasteiger charge is 2.29. The van der Waals surface area contributed by atoms with Crippen LogP contribution in [0.2, 0.25) is 0 Å². The molecule has 0 radical (unpaired) electrons. The summed E-state index contributed by atoms with van der Waals surface area (Å²) in [4.78, 5) is 14.7. The van der Waals surface area contributed by atoms with Gasteiger partial charge in [0.1, 0.15) is 19.0 Å². The Bertz CT molecular complexity index is 817. The number of aryl methyl sites for hydroxylation is 2. The van der Waals surface area contributed by atoms with Gasteiger partial charge >= 0.3 is 0 Å². The minimum Gasteiger partial charge on any atom is -0.486 e. The molecule has 1 saturated heterocycles. The van der Waals surface area contributed by atoms with Crippen LogP contribution >= 0.6 is 0 Å². The summed E-state index contributed by atoms with van der Waals surface area (Å²) in [5, 5.41) is 7.22. The van der Waals surface area contributed by atoms with Gasteiger partial charge in [-0.1, -0.05) is 6.07 Å². The Morgan fingerprint density at radius 1 is 1.27 bits per heavy atom. The van der Waals surface area contributed by atoms with Gasteiger partial charge in [-0.05, 0) is 44.0 Å². The van der Waals surface area contributed by atoms with E-state index in [4.69, 9.17) is 9.47 Å². The summed E-state index contributed by atoms with van der Waals surface area (Å²) in [5.74, 6) is 2.31. The van der Waals surface area contributed by atoms with Crippen LogP contribution in [0.1, 0.15) is 30.1 Å². The van der Waals surface area contributed by atoms with Gasteiger partial charge in [0.25, 0.3) is 0 Å². The summed E-state index contributed by atoms with van der Waals surface area (Å²) in [5.41, 5.74) is 2.06. The lowest BCUT2D eigenvalue weighted by molar-refractivity contribution is -0.117. The van der Waals surface area contributed by atoms with Crippen LogP contribution in [0, 0.1) is 6.92 Å². The van der Waals surface area contributed by atoms with E-state index in [1.165, 1.54) is 5.56 Å². The van der Waals surface area contributed by atoms with Crippen molar-refractivity contribution in [2.24, 2.45) is 7.05 Å². The zero-order chi connectivity index (χ0) is 18.1. The average molecular weight is 356 g/mol. The van der Waals surface area contributed by atoms with Crippen molar-refractivity contribution in [3.63, 3.8) is 0 Å². The van der Waals surface area contributed by atoms with Crippen LogP contribution in [0.4, 0.5) is 5.82 Å². The third-order valence-corrected chi connectivity index (χ3v) is 4.93. The third kappa shape index (κ3) is 3.39. The molecule has 138 valence electrons. The fraction of sp³-hybridized carbons (Fsp3) is 0.474. The molecule has 0 bridgehead atoms. The maximum atomic E-state index is 12.5. The van der Waals surface area contributed by atoms with Gasteiger partial charge in [-0.2, -0.15) is 5.10 Å². The maximum Gasteiger partial charge on any atom is 0.239 e. The number of aromatic nitrogens is 2. The number of amides is 1. The summed E-state index contributed by atoms with van der Waals surface area (Å²) in [6, 6.07) is 8.21. The van der Waals surface area contributed by atoms with Crippen LogP contribution < -0.4 is 14.8 Å². The Balaban J connectivity index is 1.45. The highest BCUT2D eigenvalue weighted by Crippen LogP contribution is 2.37. The molecule has 4 rings (SSSR count). The number of fused-ring (bicyclic) bond motifs is 1. The lowest BCUT2D eigenvalue weighted by Gasteiger charge is -2.26. The van der Waals surface area contributed by atoms with Crippen molar-refractivity contribution in [2.75, 3.05) is 31.6 Å². The molecule has 3 heterocycles. The number of hydrogen-bond acceptors (Lipinski definition) is 5. The number of carbonyl (C=O) groups excluding carboxylic acids is 1. The van der Waals surface area contributed by atoms with Crippen LogP contribution in [-0.4, -0.2) is 46.9 Å². The molecular formula is C19H24N4O3. The molecule has 1 atom stereocenters. The summed E-state index contributed by atoms with van der Waals surface area (Å²) < 4.78 is 13.0. The van der Waals surface area contributed by atoms with E-state index in [-0.39, 0.29) is 11.9 Å². The summed E-state index contributed by atoms with van der Waals surface area (Å²) in [6.45, 7) is 4.36. The predicted molar refractivity (Wildman–Crippen MR) is 97.6 cm³/mol. The van der Waals surface area contributed by atoms with Crippen molar-refractivity contribution in [3.05, 3.63) is 35.5 Å². The first kappa shape index (κ1) is 16.9. The van der Waals surface area contributed by atoms with Gasteiger partial charge in [0.15, 0.2) is 11.5 Å². The molecule has 2 aromatic rings. The largest absolute Gasteiger partial charge is 0.486 e. The number of carbonyl (C=O) groups is 1. The molecule has 7 nitrogen and oxygen atoms in total. The number of anilines is 1. The smallest absolute Gasteiger partial charge is 0.239 e. The fourth-order valence-electron chi connectivity index (χ4n) is 3.75. The van der Waals surface area contributed by atoms with E-state index in [0.717, 1.165) is 42.4 Å². The molecule has 1 aromatic carbocycles. The van der Waals surface area contributed by atoms with E-state index in [0.29, 0.717) is 19.8 Å². The van der Waals surface area contributed by atoms with Gasteiger partial charge in [-0.15, -0.1) is 0 Å². The van der Waals surface area contributed by atoms with Gasteiger partial charge < -0.3 is 14.8 Å². The first-order valence-electron chi connectivity index (χ1n) is 9.04. The topological polar surface area (TPSA) is 68.6 Å². The van der Waals surface area contributed by atoms with Gasteiger partial charge in [0.05, 0.1) is 12.2 Å². The number of rotatable bonds is 4. The second-order valence-corrected chi connectivity index (χ2v) is 6.87. The zero-order valence-corrected chi connectivity index (χ0v) is 15.2. The Kier molecular flexibility index (Phi) is 4.55. The van der Waals surface area contributed by atoms with Crippen LogP contribution in [-0.2, 0) is 11.8 Å². The molecule has 2 aliphatic rings. The molecule has 1 fully saturated rings. The highest BCUT2D eigenvalue weighted by molar-refractivity contribution is 5.91. The molecule has 26 heavy (non-hydrogen) atoms. The SMILES string of the molecule is Cc1cc(NC(=O)CN2CCCC2c2ccc3c(c2)OCCO3)n(C)n1. The number of hydrogen-bond donors (Lipinski definition) is 1. The summed E-state index contributed by atoms with van der Waals surface area (Å²) in [7, 11) is 1.83. The third-order valence-electron chi connectivity index (χ3n) is 4.93. The lowest BCUT2D eigenvalue weighted by Crippen LogP contribution is -2.33. The van der Waals surface area contributed by atoms with E-state index < -0.39 is 0 Å². The lowest BCUT2D eigenvalue weighted by atomic mass is 10.0. The predicted octanol–water partition coefficient (Wildman–Crippen LogP) is 2.28. The van der Waals surface area contributed by atoms with Crippen LogP contribution in [0.25, 0.3) is 0 Å².